The van der Waals surface area contributed by atoms with Crippen molar-refractivity contribution in [2.75, 3.05) is 0 Å². The molecule has 1 atom stereocenters. The van der Waals surface area contributed by atoms with Gasteiger partial charge in [0.1, 0.15) is 0 Å². The summed E-state index contributed by atoms with van der Waals surface area (Å²) in [5.74, 6) is -0.0170. The normalized spacial score (nSPS) is 12.8. The van der Waals surface area contributed by atoms with Crippen molar-refractivity contribution < 1.29 is 9.59 Å². The summed E-state index contributed by atoms with van der Waals surface area (Å²) in [5, 5.41) is 2.87. The third-order valence-electron chi connectivity index (χ3n) is 3.01. The Kier molecular flexibility index (Phi) is 5.28. The first-order chi connectivity index (χ1) is 8.84. The van der Waals surface area contributed by atoms with Gasteiger partial charge in [0.2, 0.25) is 5.91 Å². The van der Waals surface area contributed by atoms with Crippen molar-refractivity contribution in [3.05, 3.63) is 35.9 Å². The summed E-state index contributed by atoms with van der Waals surface area (Å²) >= 11 is 0. The fraction of sp³-hybridized carbons (Fsp3) is 0.500. The Hall–Kier alpha value is -1.64. The smallest absolute Gasteiger partial charge is 0.225 e. The zero-order chi connectivity index (χ0) is 14.5. The van der Waals surface area contributed by atoms with Crippen LogP contribution in [0.25, 0.3) is 0 Å². The van der Waals surface area contributed by atoms with Crippen LogP contribution in [-0.4, -0.2) is 17.7 Å². The van der Waals surface area contributed by atoms with Crippen LogP contribution in [-0.2, 0) is 16.0 Å². The molecule has 0 aliphatic carbocycles. The maximum Gasteiger partial charge on any atom is 0.225 e. The van der Waals surface area contributed by atoms with E-state index in [4.69, 9.17) is 0 Å². The van der Waals surface area contributed by atoms with Gasteiger partial charge in [0.15, 0.2) is 5.78 Å². The molecule has 19 heavy (non-hydrogen) atoms. The van der Waals surface area contributed by atoms with E-state index in [0.29, 0.717) is 12.8 Å². The maximum atomic E-state index is 12.0. The second-order valence-corrected chi connectivity index (χ2v) is 5.79. The fourth-order valence-corrected chi connectivity index (χ4v) is 1.72. The molecule has 1 aromatic rings. The number of hydrogen-bond acceptors (Lipinski definition) is 2. The van der Waals surface area contributed by atoms with E-state index in [1.165, 1.54) is 0 Å². The second kappa shape index (κ2) is 6.50. The van der Waals surface area contributed by atoms with Crippen molar-refractivity contribution in [1.82, 2.24) is 5.32 Å². The molecule has 0 radical (unpaired) electrons. The van der Waals surface area contributed by atoms with Gasteiger partial charge in [-0.1, -0.05) is 58.0 Å². The van der Waals surface area contributed by atoms with Crippen molar-refractivity contribution in [2.24, 2.45) is 5.41 Å². The molecule has 1 N–H and O–H groups in total. The number of benzene rings is 1. The molecule has 1 amide bonds. The van der Waals surface area contributed by atoms with Gasteiger partial charge in [0.25, 0.3) is 0 Å². The van der Waals surface area contributed by atoms with Crippen LogP contribution < -0.4 is 5.32 Å². The molecule has 0 spiro atoms. The highest BCUT2D eigenvalue weighted by Crippen LogP contribution is 2.14. The van der Waals surface area contributed by atoms with Crippen LogP contribution in [0.1, 0.15) is 39.7 Å². The molecule has 3 nitrogen and oxygen atoms in total. The Morgan fingerprint density at radius 3 is 2.21 bits per heavy atom. The van der Waals surface area contributed by atoms with E-state index in [9.17, 15) is 9.59 Å². The number of hydrogen-bond donors (Lipinski definition) is 1. The highest BCUT2D eigenvalue weighted by Gasteiger charge is 2.26. The van der Waals surface area contributed by atoms with Gasteiger partial charge in [0.05, 0.1) is 6.04 Å². The number of carbonyl (C=O) groups excluding carboxylic acids is 2. The molecule has 1 aromatic carbocycles. The number of rotatable bonds is 5. The summed E-state index contributed by atoms with van der Waals surface area (Å²) in [7, 11) is 0. The third-order valence-corrected chi connectivity index (χ3v) is 3.01. The lowest BCUT2D eigenvalue weighted by atomic mass is 9.93. The van der Waals surface area contributed by atoms with E-state index in [0.717, 1.165) is 5.56 Å². The predicted molar refractivity (Wildman–Crippen MR) is 76.8 cm³/mol. The Labute approximate surface area is 115 Å². The number of amides is 1. The van der Waals surface area contributed by atoms with Gasteiger partial charge in [-0.25, -0.2) is 0 Å². The topological polar surface area (TPSA) is 46.2 Å². The van der Waals surface area contributed by atoms with Crippen molar-refractivity contribution in [3.63, 3.8) is 0 Å². The Morgan fingerprint density at radius 2 is 1.74 bits per heavy atom. The molecular formula is C16H23NO2. The molecular weight excluding hydrogens is 238 g/mol. The van der Waals surface area contributed by atoms with Gasteiger partial charge >= 0.3 is 0 Å². The minimum atomic E-state index is -0.483. The third kappa shape index (κ3) is 4.86. The molecule has 0 aliphatic rings. The van der Waals surface area contributed by atoms with E-state index in [1.807, 2.05) is 58.0 Å². The maximum absolute atomic E-state index is 12.0. The van der Waals surface area contributed by atoms with Crippen LogP contribution in [0.3, 0.4) is 0 Å². The average molecular weight is 261 g/mol. The van der Waals surface area contributed by atoms with Gasteiger partial charge in [-0.05, 0) is 12.0 Å². The van der Waals surface area contributed by atoms with Gasteiger partial charge in [-0.15, -0.1) is 0 Å². The minimum absolute atomic E-state index is 0.0708. The molecule has 0 saturated heterocycles. The molecule has 104 valence electrons. The van der Waals surface area contributed by atoms with Gasteiger partial charge < -0.3 is 5.32 Å². The van der Waals surface area contributed by atoms with Crippen LogP contribution in [0.2, 0.25) is 0 Å². The van der Waals surface area contributed by atoms with Crippen LogP contribution in [0.15, 0.2) is 30.3 Å². The highest BCUT2D eigenvalue weighted by molar-refractivity contribution is 5.90. The first-order valence-electron chi connectivity index (χ1n) is 6.72. The summed E-state index contributed by atoms with van der Waals surface area (Å²) in [5.41, 5.74) is 0.576. The first kappa shape index (κ1) is 15.4. The van der Waals surface area contributed by atoms with Crippen molar-refractivity contribution in [2.45, 2.75) is 46.6 Å². The lowest BCUT2D eigenvalue weighted by Gasteiger charge is -2.23. The zero-order valence-corrected chi connectivity index (χ0v) is 12.2. The number of carbonyl (C=O) groups is 2. The Bertz CT molecular complexity index is 432. The molecule has 3 heteroatoms. The quantitative estimate of drug-likeness (QED) is 0.886. The van der Waals surface area contributed by atoms with E-state index < -0.39 is 11.5 Å². The summed E-state index contributed by atoms with van der Waals surface area (Å²) in [6.45, 7) is 7.36. The van der Waals surface area contributed by atoms with Gasteiger partial charge in [0, 0.05) is 11.8 Å². The van der Waals surface area contributed by atoms with E-state index in [-0.39, 0.29) is 11.7 Å². The molecule has 1 rings (SSSR count). The predicted octanol–water partition coefficient (Wildman–Crippen LogP) is 2.74. The molecule has 0 saturated carbocycles. The summed E-state index contributed by atoms with van der Waals surface area (Å²) in [6, 6.07) is 9.33. The zero-order valence-electron chi connectivity index (χ0n) is 12.2. The van der Waals surface area contributed by atoms with Crippen LogP contribution in [0, 0.1) is 5.41 Å². The second-order valence-electron chi connectivity index (χ2n) is 5.79. The molecule has 0 aromatic heterocycles. The first-order valence-corrected chi connectivity index (χ1v) is 6.72. The van der Waals surface area contributed by atoms with Crippen molar-refractivity contribution >= 4 is 11.7 Å². The van der Waals surface area contributed by atoms with Crippen molar-refractivity contribution in [3.8, 4) is 0 Å². The highest BCUT2D eigenvalue weighted by atomic mass is 16.2. The van der Waals surface area contributed by atoms with Gasteiger partial charge in [-0.3, -0.25) is 9.59 Å². The standard InChI is InChI=1S/C16H23NO2/c1-5-14(18)13(17-15(19)16(2,3)4)11-12-9-7-6-8-10-12/h6-10,13H,5,11H2,1-4H3,(H,17,19)/t13-/m1/s1. The SMILES string of the molecule is CCC(=O)[C@@H](Cc1ccccc1)NC(=O)C(C)(C)C. The summed E-state index contributed by atoms with van der Waals surface area (Å²) < 4.78 is 0. The van der Waals surface area contributed by atoms with Crippen LogP contribution >= 0.6 is 0 Å². The Morgan fingerprint density at radius 1 is 1.16 bits per heavy atom. The van der Waals surface area contributed by atoms with Gasteiger partial charge in [-0.2, -0.15) is 0 Å². The Balaban J connectivity index is 2.79. The molecule has 0 unspecified atom stereocenters. The number of nitrogens with one attached hydrogen (secondary N) is 1. The summed E-state index contributed by atoms with van der Waals surface area (Å²) in [4.78, 5) is 24.0. The molecule has 0 aliphatic heterocycles. The van der Waals surface area contributed by atoms with Crippen LogP contribution in [0.5, 0.6) is 0 Å². The van der Waals surface area contributed by atoms with E-state index in [2.05, 4.69) is 5.32 Å². The lowest BCUT2D eigenvalue weighted by Crippen LogP contribution is -2.46. The molecule has 0 fully saturated rings. The van der Waals surface area contributed by atoms with E-state index >= 15 is 0 Å². The fourth-order valence-electron chi connectivity index (χ4n) is 1.72. The van der Waals surface area contributed by atoms with Crippen LogP contribution in [0.4, 0.5) is 0 Å². The molecule has 0 heterocycles. The minimum Gasteiger partial charge on any atom is -0.346 e. The lowest BCUT2D eigenvalue weighted by molar-refractivity contribution is -0.132. The van der Waals surface area contributed by atoms with E-state index in [1.54, 1.807) is 0 Å². The molecule has 0 bridgehead atoms. The number of Topliss-reactive ketones (excluding diaryl/α,β-unsaturated/α-hetero) is 1. The monoisotopic (exact) mass is 261 g/mol. The number of ketones is 1. The average Bonchev–Trinajstić information content (AvgIpc) is 2.37. The summed E-state index contributed by atoms with van der Waals surface area (Å²) in [6.07, 6.45) is 0.983. The van der Waals surface area contributed by atoms with Crippen molar-refractivity contribution in [1.29, 1.82) is 0 Å². The largest absolute Gasteiger partial charge is 0.346 e.